The van der Waals surface area contributed by atoms with Gasteiger partial charge in [-0.25, -0.2) is 28.8 Å². The smallest absolute Gasteiger partial charge is 0.344 e. The zero-order valence-corrected chi connectivity index (χ0v) is 56.7. The third-order valence-corrected chi connectivity index (χ3v) is 13.8. The van der Waals surface area contributed by atoms with Crippen LogP contribution in [0.1, 0.15) is 216 Å². The summed E-state index contributed by atoms with van der Waals surface area (Å²) in [6.07, 6.45) is 17.4. The van der Waals surface area contributed by atoms with Crippen molar-refractivity contribution in [3.8, 4) is 0 Å². The van der Waals surface area contributed by atoms with Gasteiger partial charge in [0.2, 0.25) is 11.9 Å². The minimum atomic E-state index is -1.28. The maximum atomic E-state index is 13.0. The molecule has 31 heteroatoms. The van der Waals surface area contributed by atoms with E-state index in [1.54, 1.807) is 84.3 Å². The van der Waals surface area contributed by atoms with Gasteiger partial charge in [-0.1, -0.05) is 45.2 Å². The van der Waals surface area contributed by atoms with Crippen LogP contribution >= 0.6 is 45.2 Å². The Morgan fingerprint density at radius 3 is 1.19 bits per heavy atom. The van der Waals surface area contributed by atoms with Crippen molar-refractivity contribution in [1.29, 1.82) is 0 Å². The number of carbonyl (C=O) groups excluding carboxylic acids is 4. The van der Waals surface area contributed by atoms with Crippen molar-refractivity contribution in [2.24, 2.45) is 21.1 Å². The molecule has 7 heterocycles. The fourth-order valence-corrected chi connectivity index (χ4v) is 8.14. The molecule has 4 fully saturated rings. The van der Waals surface area contributed by atoms with E-state index < -0.39 is 35.8 Å². The number of hydrogen-bond donors (Lipinski definition) is 3. The monoisotopic (exact) mass is 1470 g/mol. The number of carboxylic acid groups (broad SMARTS) is 3. The molecule has 4 saturated carbocycles. The molecule has 0 bridgehead atoms. The highest BCUT2D eigenvalue weighted by molar-refractivity contribution is 14.2. The topological polar surface area (TPSA) is 333 Å². The molecule has 89 heavy (non-hydrogen) atoms. The number of carbonyl (C=O) groups is 7. The van der Waals surface area contributed by atoms with Crippen LogP contribution in [0.25, 0.3) is 0 Å². The lowest BCUT2D eigenvalue weighted by Gasteiger charge is -2.02. The van der Waals surface area contributed by atoms with E-state index in [1.807, 2.05) is 41.0 Å². The predicted octanol–water partition coefficient (Wildman–Crippen LogP) is 10.2. The van der Waals surface area contributed by atoms with E-state index in [0.29, 0.717) is 82.4 Å². The summed E-state index contributed by atoms with van der Waals surface area (Å²) in [6, 6.07) is 1.99. The zero-order valence-electron chi connectivity index (χ0n) is 52.4. The van der Waals surface area contributed by atoms with E-state index >= 15 is 0 Å². The molecule has 4 aliphatic rings. The van der Waals surface area contributed by atoms with Gasteiger partial charge < -0.3 is 29.5 Å². The maximum Gasteiger partial charge on any atom is 0.344 e. The number of alkyl halides is 2. The molecule has 0 radical (unpaired) electrons. The minimum absolute atomic E-state index is 0.0619. The van der Waals surface area contributed by atoms with E-state index in [2.05, 4.69) is 85.6 Å². The number of ether oxygens (including phenoxy) is 3. The van der Waals surface area contributed by atoms with E-state index in [0.717, 1.165) is 48.3 Å². The molecule has 4 aliphatic carbocycles. The first-order chi connectivity index (χ1) is 42.0. The van der Waals surface area contributed by atoms with Gasteiger partial charge in [0.25, 0.3) is 0 Å². The molecule has 0 amide bonds. The first-order valence-electron chi connectivity index (χ1n) is 28.4. The van der Waals surface area contributed by atoms with Gasteiger partial charge in [-0.05, 0) is 126 Å². The van der Waals surface area contributed by atoms with Crippen LogP contribution < -0.4 is 0 Å². The largest absolute Gasteiger partial charge is 0.478 e. The molecule has 0 saturated heterocycles. The van der Waals surface area contributed by atoms with Crippen LogP contribution in [0.2, 0.25) is 0 Å². The Hall–Kier alpha value is -7.72. The number of hydrogen-bond acceptors (Lipinski definition) is 17. The van der Waals surface area contributed by atoms with Crippen LogP contribution in [0.5, 0.6) is 0 Å². The molecule has 0 aliphatic heterocycles. The van der Waals surface area contributed by atoms with E-state index in [-0.39, 0.29) is 35.5 Å². The van der Waals surface area contributed by atoms with Gasteiger partial charge in [-0.2, -0.15) is 34.3 Å². The Bertz CT molecular complexity index is 3500. The normalized spacial score (nSPS) is 13.4. The standard InChI is InChI=1S/C10H14N2O2.C9H12N2O.C8H11FN2O2.2C8H10N2O2.C8H12N2O2.C6H7FN2O2.CH2I2/c1-3-14-10(13)9-6-11-12(7(9)2)8-4-5-8;1-6-5-11(8-3-4-8)10-9(6)7(2)12;1-4-13-8(12)6-5(2)11(3)10-7(6)9;1-5-7(8(11)12)4-10(9-5)6-2-3-6;1-5-7(8(11)12)4-9-10(5)6-2-3-6;1-4-12-8(11)7-5-9-10(3)6(7)2;1-3-4(6(10)11)5(7)8-9(3)2;2-1-3/h6,8H,3-5H2,1-2H3;5,8H,3-4H2,1-2H3;4H2,1-3H3;2*4,6H,2-3H2,1H3,(H,11,12);5H,4H2,1-3H3;1-2H3,(H,10,11);1H2. The van der Waals surface area contributed by atoms with Crippen LogP contribution in [0.3, 0.4) is 0 Å². The SMILES string of the molecule is CC(=O)c1nn(C2CC2)cc1C.CCOC(=O)c1c(F)nn(C)c1C.CCOC(=O)c1cnn(C)c1C.CCOC(=O)c1cnn(C2CC2)c1C.Cc1c(C(=O)O)c(F)nn1C.Cc1c(C(=O)O)cnn1C1CC1.Cc1nn(C2CC2)cc1C(=O)O.ICI. The molecule has 11 rings (SSSR count). The average molecular weight is 1470 g/mol. The Morgan fingerprint density at radius 2 is 0.876 bits per heavy atom. The van der Waals surface area contributed by atoms with Crippen molar-refractivity contribution in [3.05, 3.63) is 122 Å². The number of aryl methyl sites for hydroxylation is 5. The van der Waals surface area contributed by atoms with Crippen LogP contribution in [-0.4, -0.2) is 148 Å². The quantitative estimate of drug-likeness (QED) is 0.0299. The summed E-state index contributed by atoms with van der Waals surface area (Å²) in [5, 5.41) is 53.2. The lowest BCUT2D eigenvalue weighted by atomic mass is 10.2. The second-order valence-corrected chi connectivity index (χ2v) is 25.0. The van der Waals surface area contributed by atoms with Gasteiger partial charge in [0.15, 0.2) is 5.78 Å². The third-order valence-electron chi connectivity index (χ3n) is 13.8. The van der Waals surface area contributed by atoms with E-state index in [4.69, 9.17) is 24.8 Å². The molecule has 27 nitrogen and oxygen atoms in total. The minimum Gasteiger partial charge on any atom is -0.478 e. The number of ketones is 1. The molecule has 0 spiro atoms. The molecule has 0 atom stereocenters. The summed E-state index contributed by atoms with van der Waals surface area (Å²) < 4.78 is 52.8. The predicted molar refractivity (Wildman–Crippen MR) is 336 cm³/mol. The van der Waals surface area contributed by atoms with Gasteiger partial charge in [-0.15, -0.1) is 10.2 Å². The van der Waals surface area contributed by atoms with Gasteiger partial charge >= 0.3 is 35.8 Å². The Balaban J connectivity index is 0.000000220. The second kappa shape index (κ2) is 34.3. The van der Waals surface area contributed by atoms with Gasteiger partial charge in [0, 0.05) is 46.2 Å². The number of carboxylic acids is 3. The molecule has 486 valence electrons. The number of nitrogens with zero attached hydrogens (tertiary/aromatic N) is 14. The average Bonchev–Trinajstić information content (AvgIpc) is 3.73. The van der Waals surface area contributed by atoms with Crippen molar-refractivity contribution in [1.82, 2.24) is 68.5 Å². The van der Waals surface area contributed by atoms with Gasteiger partial charge in [0.1, 0.15) is 39.1 Å². The number of esters is 3. The Labute approximate surface area is 540 Å². The number of Topliss-reactive ketones (excluding diaryl/α,β-unsaturated/α-hetero) is 1. The highest BCUT2D eigenvalue weighted by Crippen LogP contribution is 2.37. The van der Waals surface area contributed by atoms with Crippen LogP contribution in [-0.2, 0) is 35.4 Å². The Kier molecular flexibility index (Phi) is 28.4. The van der Waals surface area contributed by atoms with Crippen LogP contribution in [0.4, 0.5) is 8.78 Å². The molecule has 0 unspecified atom stereocenters. The van der Waals surface area contributed by atoms with E-state index in [1.165, 1.54) is 63.8 Å². The van der Waals surface area contributed by atoms with Gasteiger partial charge in [-0.3, -0.25) is 37.6 Å². The highest BCUT2D eigenvalue weighted by atomic mass is 127. The van der Waals surface area contributed by atoms with Crippen molar-refractivity contribution < 1.29 is 71.9 Å². The zero-order chi connectivity index (χ0) is 66.7. The number of halogens is 4. The van der Waals surface area contributed by atoms with Crippen molar-refractivity contribution in [2.75, 3.05) is 22.3 Å². The fraction of sp³-hybridized carbons (Fsp3) is 0.517. The molecule has 0 aromatic carbocycles. The van der Waals surface area contributed by atoms with Crippen molar-refractivity contribution in [2.45, 2.75) is 152 Å². The number of aromatic carboxylic acids is 3. The first-order valence-corrected chi connectivity index (χ1v) is 31.5. The molecular formula is C58H78F2I2N14O13. The molecule has 7 aromatic heterocycles. The molecular weight excluding hydrogens is 1390 g/mol. The maximum absolute atomic E-state index is 13.0. The lowest BCUT2D eigenvalue weighted by Crippen LogP contribution is -2.07. The van der Waals surface area contributed by atoms with Crippen molar-refractivity contribution in [3.63, 3.8) is 0 Å². The summed E-state index contributed by atoms with van der Waals surface area (Å²) in [5.41, 5.74) is 6.87. The number of rotatable bonds is 14. The summed E-state index contributed by atoms with van der Waals surface area (Å²) in [6.45, 7) is 20.2. The second-order valence-electron chi connectivity index (χ2n) is 20.6. The summed E-state index contributed by atoms with van der Waals surface area (Å²) >= 11 is 4.55. The number of aromatic nitrogens is 14. The van der Waals surface area contributed by atoms with Crippen LogP contribution in [0.15, 0.2) is 31.0 Å². The summed E-state index contributed by atoms with van der Waals surface area (Å²) in [5.74, 6) is -5.94. The fourth-order valence-electron chi connectivity index (χ4n) is 8.14. The Morgan fingerprint density at radius 1 is 0.494 bits per heavy atom. The lowest BCUT2D eigenvalue weighted by molar-refractivity contribution is 0.0511. The summed E-state index contributed by atoms with van der Waals surface area (Å²) in [7, 11) is 4.85. The first kappa shape index (κ1) is 73.7. The molecule has 3 N–H and O–H groups in total. The van der Waals surface area contributed by atoms with Crippen molar-refractivity contribution >= 4 is 86.8 Å². The molecule has 7 aromatic rings. The summed E-state index contributed by atoms with van der Waals surface area (Å²) in [4.78, 5) is 76.5. The third kappa shape index (κ3) is 21.2. The van der Waals surface area contributed by atoms with Gasteiger partial charge in [0.05, 0.1) is 93.5 Å². The highest BCUT2D eigenvalue weighted by Gasteiger charge is 2.30. The van der Waals surface area contributed by atoms with Crippen LogP contribution in [0, 0.1) is 60.4 Å². The van der Waals surface area contributed by atoms with E-state index in [9.17, 15) is 42.3 Å².